The standard InChI is InChI=1S/C17H34O2/c1-4-17(2,3)15-13-11-9-7-5-6-8-10-12-14-16(18)19/h4-15H2,1-3H3,(H,18,19). The Hall–Kier alpha value is -0.530. The second-order valence-corrected chi connectivity index (χ2v) is 6.59. The van der Waals surface area contributed by atoms with Crippen LogP contribution in [0, 0.1) is 5.41 Å². The van der Waals surface area contributed by atoms with Gasteiger partial charge in [-0.15, -0.1) is 0 Å². The summed E-state index contributed by atoms with van der Waals surface area (Å²) < 4.78 is 0. The predicted octanol–water partition coefficient (Wildman–Crippen LogP) is 5.80. The zero-order chi connectivity index (χ0) is 14.6. The molecule has 0 aromatic rings. The van der Waals surface area contributed by atoms with Crippen LogP contribution >= 0.6 is 0 Å². The van der Waals surface area contributed by atoms with Gasteiger partial charge in [0.2, 0.25) is 0 Å². The molecule has 0 atom stereocenters. The molecule has 114 valence electrons. The first kappa shape index (κ1) is 18.5. The summed E-state index contributed by atoms with van der Waals surface area (Å²) in [6, 6.07) is 0. The highest BCUT2D eigenvalue weighted by Crippen LogP contribution is 2.27. The maximum atomic E-state index is 10.3. The molecule has 2 heteroatoms. The lowest BCUT2D eigenvalue weighted by molar-refractivity contribution is -0.137. The van der Waals surface area contributed by atoms with E-state index in [1.807, 2.05) is 0 Å². The third-order valence-corrected chi connectivity index (χ3v) is 4.20. The molecule has 19 heavy (non-hydrogen) atoms. The van der Waals surface area contributed by atoms with Gasteiger partial charge in [-0.25, -0.2) is 0 Å². The topological polar surface area (TPSA) is 37.3 Å². The summed E-state index contributed by atoms with van der Waals surface area (Å²) in [6.07, 6.45) is 14.2. The molecule has 1 N–H and O–H groups in total. The monoisotopic (exact) mass is 270 g/mol. The van der Waals surface area contributed by atoms with Crippen LogP contribution in [0.1, 0.15) is 97.8 Å². The van der Waals surface area contributed by atoms with Crippen LogP contribution in [0.5, 0.6) is 0 Å². The van der Waals surface area contributed by atoms with E-state index in [9.17, 15) is 4.79 Å². The average molecular weight is 270 g/mol. The Morgan fingerprint density at radius 3 is 1.68 bits per heavy atom. The van der Waals surface area contributed by atoms with Crippen molar-refractivity contribution in [2.45, 2.75) is 97.8 Å². The van der Waals surface area contributed by atoms with Crippen LogP contribution in [0.25, 0.3) is 0 Å². The van der Waals surface area contributed by atoms with Gasteiger partial charge in [0.25, 0.3) is 0 Å². The van der Waals surface area contributed by atoms with E-state index < -0.39 is 5.97 Å². The molecule has 0 bridgehead atoms. The van der Waals surface area contributed by atoms with E-state index >= 15 is 0 Å². The molecule has 0 aliphatic rings. The van der Waals surface area contributed by atoms with Crippen molar-refractivity contribution in [3.63, 3.8) is 0 Å². The lowest BCUT2D eigenvalue weighted by Gasteiger charge is -2.22. The Balaban J connectivity index is 3.13. The third-order valence-electron chi connectivity index (χ3n) is 4.20. The zero-order valence-corrected chi connectivity index (χ0v) is 13.3. The maximum Gasteiger partial charge on any atom is 0.303 e. The van der Waals surface area contributed by atoms with Gasteiger partial charge in [0.05, 0.1) is 0 Å². The summed E-state index contributed by atoms with van der Waals surface area (Å²) in [5, 5.41) is 8.51. The lowest BCUT2D eigenvalue weighted by atomic mass is 9.84. The van der Waals surface area contributed by atoms with Crippen LogP contribution in [0.3, 0.4) is 0 Å². The molecule has 0 heterocycles. The smallest absolute Gasteiger partial charge is 0.303 e. The number of aliphatic carboxylic acids is 1. The van der Waals surface area contributed by atoms with E-state index in [2.05, 4.69) is 20.8 Å². The van der Waals surface area contributed by atoms with Crippen LogP contribution < -0.4 is 0 Å². The molecule has 0 amide bonds. The number of carbonyl (C=O) groups is 1. The van der Waals surface area contributed by atoms with Gasteiger partial charge in [0.1, 0.15) is 0 Å². The first-order valence-electron chi connectivity index (χ1n) is 8.20. The number of hydrogen-bond acceptors (Lipinski definition) is 1. The SMILES string of the molecule is CCC(C)(C)CCCCCCCCCCCC(=O)O. The summed E-state index contributed by atoms with van der Waals surface area (Å²) in [5.74, 6) is -0.657. The lowest BCUT2D eigenvalue weighted by Crippen LogP contribution is -2.08. The minimum absolute atomic E-state index is 0.340. The summed E-state index contributed by atoms with van der Waals surface area (Å²) in [6.45, 7) is 7.01. The summed E-state index contributed by atoms with van der Waals surface area (Å²) in [5.41, 5.74) is 0.532. The fraction of sp³-hybridized carbons (Fsp3) is 0.941. The molecule has 0 rings (SSSR count). The van der Waals surface area contributed by atoms with Crippen LogP contribution in [-0.2, 0) is 4.79 Å². The number of hydrogen-bond donors (Lipinski definition) is 1. The van der Waals surface area contributed by atoms with Crippen molar-refractivity contribution in [3.8, 4) is 0 Å². The zero-order valence-electron chi connectivity index (χ0n) is 13.3. The molecule has 0 spiro atoms. The van der Waals surface area contributed by atoms with Gasteiger partial charge in [-0.1, -0.05) is 78.6 Å². The van der Waals surface area contributed by atoms with Crippen molar-refractivity contribution < 1.29 is 9.90 Å². The van der Waals surface area contributed by atoms with Gasteiger partial charge < -0.3 is 5.11 Å². The van der Waals surface area contributed by atoms with Crippen molar-refractivity contribution in [2.75, 3.05) is 0 Å². The Morgan fingerprint density at radius 1 is 0.842 bits per heavy atom. The third kappa shape index (κ3) is 13.7. The molecule has 0 saturated heterocycles. The van der Waals surface area contributed by atoms with Crippen LogP contribution in [0.4, 0.5) is 0 Å². The van der Waals surface area contributed by atoms with Crippen LogP contribution in [-0.4, -0.2) is 11.1 Å². The largest absolute Gasteiger partial charge is 0.481 e. The number of carboxylic acid groups (broad SMARTS) is 1. The Bertz CT molecular complexity index is 221. The highest BCUT2D eigenvalue weighted by molar-refractivity contribution is 5.66. The van der Waals surface area contributed by atoms with Crippen LogP contribution in [0.15, 0.2) is 0 Å². The number of carboxylic acids is 1. The molecule has 0 unspecified atom stereocenters. The molecule has 0 radical (unpaired) electrons. The fourth-order valence-electron chi connectivity index (χ4n) is 2.29. The molecule has 0 fully saturated rings. The number of rotatable bonds is 13. The van der Waals surface area contributed by atoms with E-state index in [0.29, 0.717) is 11.8 Å². The Morgan fingerprint density at radius 2 is 1.26 bits per heavy atom. The average Bonchev–Trinajstić information content (AvgIpc) is 2.35. The van der Waals surface area contributed by atoms with E-state index in [1.54, 1.807) is 0 Å². The van der Waals surface area contributed by atoms with Gasteiger partial charge in [-0.05, 0) is 18.3 Å². The highest BCUT2D eigenvalue weighted by Gasteiger charge is 2.13. The highest BCUT2D eigenvalue weighted by atomic mass is 16.4. The van der Waals surface area contributed by atoms with Crippen molar-refractivity contribution in [3.05, 3.63) is 0 Å². The van der Waals surface area contributed by atoms with Crippen molar-refractivity contribution in [1.29, 1.82) is 0 Å². The molecular weight excluding hydrogens is 236 g/mol. The maximum absolute atomic E-state index is 10.3. The number of unbranched alkanes of at least 4 members (excludes halogenated alkanes) is 8. The predicted molar refractivity (Wildman–Crippen MR) is 82.5 cm³/mol. The Labute approximate surface area is 120 Å². The quantitative estimate of drug-likeness (QED) is 0.429. The van der Waals surface area contributed by atoms with Gasteiger partial charge in [-0.3, -0.25) is 4.79 Å². The van der Waals surface area contributed by atoms with Crippen LogP contribution in [0.2, 0.25) is 0 Å². The molecular formula is C17H34O2. The minimum Gasteiger partial charge on any atom is -0.481 e. The summed E-state index contributed by atoms with van der Waals surface area (Å²) >= 11 is 0. The van der Waals surface area contributed by atoms with E-state index in [1.165, 1.54) is 57.8 Å². The Kier molecular flexibility index (Phi) is 11.0. The summed E-state index contributed by atoms with van der Waals surface area (Å²) in [4.78, 5) is 10.3. The molecule has 0 aromatic carbocycles. The van der Waals surface area contributed by atoms with E-state index in [4.69, 9.17) is 5.11 Å². The molecule has 0 aliphatic carbocycles. The van der Waals surface area contributed by atoms with Gasteiger partial charge in [-0.2, -0.15) is 0 Å². The summed E-state index contributed by atoms with van der Waals surface area (Å²) in [7, 11) is 0. The first-order valence-corrected chi connectivity index (χ1v) is 8.20. The first-order chi connectivity index (χ1) is 8.98. The fourth-order valence-corrected chi connectivity index (χ4v) is 2.29. The minimum atomic E-state index is -0.657. The normalized spacial score (nSPS) is 11.7. The van der Waals surface area contributed by atoms with Crippen molar-refractivity contribution >= 4 is 5.97 Å². The van der Waals surface area contributed by atoms with Crippen molar-refractivity contribution in [2.24, 2.45) is 5.41 Å². The van der Waals surface area contributed by atoms with Gasteiger partial charge in [0, 0.05) is 6.42 Å². The van der Waals surface area contributed by atoms with E-state index in [-0.39, 0.29) is 0 Å². The molecule has 2 nitrogen and oxygen atoms in total. The second-order valence-electron chi connectivity index (χ2n) is 6.59. The second kappa shape index (κ2) is 11.3. The van der Waals surface area contributed by atoms with Gasteiger partial charge in [0.15, 0.2) is 0 Å². The molecule has 0 saturated carbocycles. The van der Waals surface area contributed by atoms with E-state index in [0.717, 1.165) is 12.8 Å². The molecule has 0 aliphatic heterocycles. The van der Waals surface area contributed by atoms with Crippen molar-refractivity contribution in [1.82, 2.24) is 0 Å². The molecule has 0 aromatic heterocycles. The van der Waals surface area contributed by atoms with Gasteiger partial charge >= 0.3 is 5.97 Å².